The zero-order chi connectivity index (χ0) is 21.8. The van der Waals surface area contributed by atoms with Crippen LogP contribution < -0.4 is 15.2 Å². The Morgan fingerprint density at radius 2 is 1.72 bits per heavy atom. The fourth-order valence-electron chi connectivity index (χ4n) is 3.55. The molecular formula is C26H22N4O2. The number of ether oxygens (including phenoxy) is 2. The largest absolute Gasteiger partial charge is 0.487 e. The molecule has 0 spiro atoms. The van der Waals surface area contributed by atoms with E-state index in [1.807, 2.05) is 79.1 Å². The van der Waals surface area contributed by atoms with Crippen LogP contribution in [0.5, 0.6) is 17.2 Å². The molecule has 0 aliphatic heterocycles. The van der Waals surface area contributed by atoms with Crippen molar-refractivity contribution in [3.05, 3.63) is 103 Å². The average molecular weight is 422 g/mol. The molecule has 3 aromatic heterocycles. The van der Waals surface area contributed by atoms with Crippen molar-refractivity contribution in [3.63, 3.8) is 0 Å². The molecule has 3 N–H and O–H groups in total. The summed E-state index contributed by atoms with van der Waals surface area (Å²) in [4.78, 5) is 12.1. The van der Waals surface area contributed by atoms with Crippen LogP contribution in [0.15, 0.2) is 91.5 Å². The minimum absolute atomic E-state index is 0.481. The van der Waals surface area contributed by atoms with Crippen molar-refractivity contribution in [1.29, 1.82) is 0 Å². The minimum Gasteiger partial charge on any atom is -0.487 e. The standard InChI is InChI=1S/C26H22N4O2/c27-13-18-6-8-21(9-7-18)32-24-10-11-29-26-25(24)23(16-30-26)20-12-22(15-28-14-20)31-17-19-4-2-1-3-5-19/h1-12,14-16H,13,17,27H2,(H,29,30). The molecule has 32 heavy (non-hydrogen) atoms. The molecule has 0 aliphatic carbocycles. The van der Waals surface area contributed by atoms with E-state index in [1.54, 1.807) is 12.4 Å². The van der Waals surface area contributed by atoms with Crippen LogP contribution in [0.25, 0.3) is 22.2 Å². The topological polar surface area (TPSA) is 86.0 Å². The van der Waals surface area contributed by atoms with Gasteiger partial charge in [-0.25, -0.2) is 4.98 Å². The first-order valence-electron chi connectivity index (χ1n) is 10.4. The van der Waals surface area contributed by atoms with Gasteiger partial charge in [-0.15, -0.1) is 0 Å². The fourth-order valence-corrected chi connectivity index (χ4v) is 3.55. The van der Waals surface area contributed by atoms with Crippen molar-refractivity contribution in [2.24, 2.45) is 5.73 Å². The van der Waals surface area contributed by atoms with Crippen LogP contribution >= 0.6 is 0 Å². The van der Waals surface area contributed by atoms with E-state index < -0.39 is 0 Å². The van der Waals surface area contributed by atoms with Crippen LogP contribution in [0.3, 0.4) is 0 Å². The zero-order valence-corrected chi connectivity index (χ0v) is 17.4. The molecular weight excluding hydrogens is 400 g/mol. The van der Waals surface area contributed by atoms with Gasteiger partial charge in [0, 0.05) is 36.3 Å². The number of H-pyrrole nitrogens is 1. The molecule has 158 valence electrons. The number of hydrogen-bond acceptors (Lipinski definition) is 5. The molecule has 6 heteroatoms. The van der Waals surface area contributed by atoms with Gasteiger partial charge < -0.3 is 20.2 Å². The lowest BCUT2D eigenvalue weighted by molar-refractivity contribution is 0.305. The molecule has 0 saturated heterocycles. The Bertz CT molecular complexity index is 1330. The van der Waals surface area contributed by atoms with Crippen molar-refractivity contribution in [2.75, 3.05) is 0 Å². The van der Waals surface area contributed by atoms with E-state index in [9.17, 15) is 0 Å². The fraction of sp³-hybridized carbons (Fsp3) is 0.0769. The third-order valence-electron chi connectivity index (χ3n) is 5.19. The summed E-state index contributed by atoms with van der Waals surface area (Å²) in [5.41, 5.74) is 10.5. The molecule has 0 unspecified atom stereocenters. The second-order valence-electron chi connectivity index (χ2n) is 7.37. The van der Waals surface area contributed by atoms with Crippen molar-refractivity contribution >= 4 is 11.0 Å². The van der Waals surface area contributed by atoms with Crippen LogP contribution in [0.1, 0.15) is 11.1 Å². The number of nitrogens with two attached hydrogens (primary N) is 1. The molecule has 5 rings (SSSR count). The second-order valence-corrected chi connectivity index (χ2v) is 7.37. The van der Waals surface area contributed by atoms with Gasteiger partial charge in [0.1, 0.15) is 29.5 Å². The molecule has 0 atom stereocenters. The first-order valence-corrected chi connectivity index (χ1v) is 10.4. The normalized spacial score (nSPS) is 10.9. The lowest BCUT2D eigenvalue weighted by atomic mass is 10.1. The molecule has 0 amide bonds. The van der Waals surface area contributed by atoms with Gasteiger partial charge >= 0.3 is 0 Å². The summed E-state index contributed by atoms with van der Waals surface area (Å²) < 4.78 is 12.2. The molecule has 5 aromatic rings. The highest BCUT2D eigenvalue weighted by molar-refractivity contribution is 5.98. The third kappa shape index (κ3) is 4.17. The van der Waals surface area contributed by atoms with E-state index in [-0.39, 0.29) is 0 Å². The quantitative estimate of drug-likeness (QED) is 0.364. The van der Waals surface area contributed by atoms with E-state index in [0.717, 1.165) is 39.0 Å². The van der Waals surface area contributed by atoms with E-state index >= 15 is 0 Å². The number of nitrogens with zero attached hydrogens (tertiary/aromatic N) is 2. The number of aromatic nitrogens is 3. The van der Waals surface area contributed by atoms with E-state index in [0.29, 0.717) is 24.7 Å². The molecule has 0 bridgehead atoms. The lowest BCUT2D eigenvalue weighted by Gasteiger charge is -2.10. The van der Waals surface area contributed by atoms with Crippen LogP contribution in [0.2, 0.25) is 0 Å². The first-order chi connectivity index (χ1) is 15.8. The van der Waals surface area contributed by atoms with Crippen LogP contribution in [0, 0.1) is 0 Å². The van der Waals surface area contributed by atoms with Gasteiger partial charge in [-0.2, -0.15) is 0 Å². The van der Waals surface area contributed by atoms with E-state index in [1.165, 1.54) is 0 Å². The average Bonchev–Trinajstić information content (AvgIpc) is 3.29. The predicted octanol–water partition coefficient (Wildman–Crippen LogP) is 5.45. The van der Waals surface area contributed by atoms with Gasteiger partial charge in [-0.3, -0.25) is 4.98 Å². The summed E-state index contributed by atoms with van der Waals surface area (Å²) in [6.07, 6.45) is 7.17. The van der Waals surface area contributed by atoms with E-state index in [4.69, 9.17) is 15.2 Å². The van der Waals surface area contributed by atoms with Gasteiger partial charge in [0.25, 0.3) is 0 Å². The van der Waals surface area contributed by atoms with Gasteiger partial charge in [0.2, 0.25) is 0 Å². The van der Waals surface area contributed by atoms with Crippen molar-refractivity contribution < 1.29 is 9.47 Å². The maximum Gasteiger partial charge on any atom is 0.141 e. The smallest absolute Gasteiger partial charge is 0.141 e. The molecule has 2 aromatic carbocycles. The number of aromatic amines is 1. The Morgan fingerprint density at radius 3 is 2.53 bits per heavy atom. The Kier molecular flexibility index (Phi) is 5.51. The number of fused-ring (bicyclic) bond motifs is 1. The summed E-state index contributed by atoms with van der Waals surface area (Å²) in [5.74, 6) is 2.15. The number of rotatable bonds is 7. The Labute approximate surface area is 185 Å². The summed E-state index contributed by atoms with van der Waals surface area (Å²) >= 11 is 0. The van der Waals surface area contributed by atoms with Crippen molar-refractivity contribution in [1.82, 2.24) is 15.0 Å². The highest BCUT2D eigenvalue weighted by Crippen LogP contribution is 2.37. The molecule has 0 saturated carbocycles. The zero-order valence-electron chi connectivity index (χ0n) is 17.4. The molecule has 0 aliphatic rings. The number of benzene rings is 2. The Morgan fingerprint density at radius 1 is 0.875 bits per heavy atom. The first kappa shape index (κ1) is 19.8. The lowest BCUT2D eigenvalue weighted by Crippen LogP contribution is -1.96. The number of hydrogen-bond donors (Lipinski definition) is 2. The third-order valence-corrected chi connectivity index (χ3v) is 5.19. The van der Waals surface area contributed by atoms with Crippen molar-refractivity contribution in [2.45, 2.75) is 13.2 Å². The summed E-state index contributed by atoms with van der Waals surface area (Å²) in [5, 5.41) is 0.886. The summed E-state index contributed by atoms with van der Waals surface area (Å²) in [6.45, 7) is 0.978. The van der Waals surface area contributed by atoms with Crippen molar-refractivity contribution in [3.8, 4) is 28.4 Å². The SMILES string of the molecule is NCc1ccc(Oc2ccnc3[nH]cc(-c4cncc(OCc5ccccc5)c4)c23)cc1. The Hall–Kier alpha value is -4.16. The highest BCUT2D eigenvalue weighted by Gasteiger charge is 2.14. The van der Waals surface area contributed by atoms with Crippen LogP contribution in [-0.4, -0.2) is 15.0 Å². The van der Waals surface area contributed by atoms with Crippen LogP contribution in [-0.2, 0) is 13.2 Å². The molecule has 6 nitrogen and oxygen atoms in total. The predicted molar refractivity (Wildman–Crippen MR) is 125 cm³/mol. The van der Waals surface area contributed by atoms with Crippen LogP contribution in [0.4, 0.5) is 0 Å². The molecule has 3 heterocycles. The molecule has 0 radical (unpaired) electrons. The van der Waals surface area contributed by atoms with Gasteiger partial charge in [-0.05, 0) is 35.4 Å². The Balaban J connectivity index is 1.45. The second kappa shape index (κ2) is 8.91. The summed E-state index contributed by atoms with van der Waals surface area (Å²) in [6, 6.07) is 21.6. The number of pyridine rings is 2. The monoisotopic (exact) mass is 422 g/mol. The van der Waals surface area contributed by atoms with Gasteiger partial charge in [-0.1, -0.05) is 42.5 Å². The maximum absolute atomic E-state index is 6.19. The van der Waals surface area contributed by atoms with E-state index in [2.05, 4.69) is 15.0 Å². The van der Waals surface area contributed by atoms with Gasteiger partial charge in [0.05, 0.1) is 11.6 Å². The maximum atomic E-state index is 6.19. The minimum atomic E-state index is 0.481. The van der Waals surface area contributed by atoms with Gasteiger partial charge in [0.15, 0.2) is 0 Å². The summed E-state index contributed by atoms with van der Waals surface area (Å²) in [7, 11) is 0. The molecule has 0 fully saturated rings. The highest BCUT2D eigenvalue weighted by atomic mass is 16.5. The number of nitrogens with one attached hydrogen (secondary N) is 1.